The van der Waals surface area contributed by atoms with Gasteiger partial charge in [0.25, 0.3) is 5.91 Å². The Morgan fingerprint density at radius 2 is 1.50 bits per heavy atom. The van der Waals surface area contributed by atoms with Gasteiger partial charge in [-0.25, -0.2) is 0 Å². The molecule has 0 aromatic carbocycles. The van der Waals surface area contributed by atoms with Gasteiger partial charge in [0.1, 0.15) is 0 Å². The Bertz CT molecular complexity index is 961. The molecule has 8 aliphatic rings. The summed E-state index contributed by atoms with van der Waals surface area (Å²) in [5.74, 6) is 2.98. The molecule has 0 aromatic rings. The molecule has 6 nitrogen and oxygen atoms in total. The quantitative estimate of drug-likeness (QED) is 0.605. The molecule has 1 N–H and O–H groups in total. The van der Waals surface area contributed by atoms with Gasteiger partial charge in [0.2, 0.25) is 5.91 Å². The molecule has 8 rings (SSSR count). The number of piperidine rings is 7. The minimum absolute atomic E-state index is 0.186. The minimum Gasteiger partial charge on any atom is -0.338 e. The highest BCUT2D eigenvalue weighted by Gasteiger charge is 2.56. The van der Waals surface area contributed by atoms with Gasteiger partial charge in [-0.2, -0.15) is 0 Å². The fraction of sp³-hybridized carbons (Fsp3) is 0.867. The Hall–Kier alpha value is -1.40. The average Bonchev–Trinajstić information content (AvgIpc) is 2.91. The zero-order chi connectivity index (χ0) is 24.0. The van der Waals surface area contributed by atoms with Crippen molar-refractivity contribution in [3.8, 4) is 0 Å². The zero-order valence-corrected chi connectivity index (χ0v) is 22.0. The summed E-state index contributed by atoms with van der Waals surface area (Å²) in [6.07, 6.45) is 15.6. The number of hydrogen-bond acceptors (Lipinski definition) is 3. The standard InChI is InChI=1S/C30H44N4O2/c35-29-21(9-11-25-23-7-3-15-31-13-1-5-19(27(23)31)17-33(25)29)22-10-12-26-24-8-4-16-32-14-2-6-20(28(24)32)18-34(26)30(22)36/h9,19-20,22-28H,1-8,10-18H2/p+1. The van der Waals surface area contributed by atoms with Crippen molar-refractivity contribution in [1.82, 2.24) is 14.7 Å². The fourth-order valence-electron chi connectivity index (χ4n) is 11.1. The second kappa shape index (κ2) is 8.56. The van der Waals surface area contributed by atoms with Crippen molar-refractivity contribution in [2.75, 3.05) is 39.3 Å². The van der Waals surface area contributed by atoms with Crippen molar-refractivity contribution < 1.29 is 14.5 Å². The number of nitrogens with zero attached hydrogens (tertiary/aromatic N) is 3. The summed E-state index contributed by atoms with van der Waals surface area (Å²) in [5, 5.41) is 0. The molecule has 0 saturated carbocycles. The van der Waals surface area contributed by atoms with E-state index in [1.165, 1.54) is 77.5 Å². The monoisotopic (exact) mass is 493 g/mol. The molecule has 7 saturated heterocycles. The van der Waals surface area contributed by atoms with Gasteiger partial charge >= 0.3 is 0 Å². The van der Waals surface area contributed by atoms with Crippen LogP contribution < -0.4 is 4.90 Å². The van der Waals surface area contributed by atoms with E-state index >= 15 is 0 Å². The Labute approximate surface area is 216 Å². The number of nitrogens with one attached hydrogen (secondary N) is 1. The van der Waals surface area contributed by atoms with E-state index in [-0.39, 0.29) is 11.8 Å². The summed E-state index contributed by atoms with van der Waals surface area (Å²) in [6, 6.07) is 2.29. The van der Waals surface area contributed by atoms with Crippen molar-refractivity contribution in [2.45, 2.75) is 94.8 Å². The summed E-state index contributed by atoms with van der Waals surface area (Å²) in [6.45, 7) is 7.10. The van der Waals surface area contributed by atoms with E-state index in [0.29, 0.717) is 47.7 Å². The van der Waals surface area contributed by atoms with Crippen molar-refractivity contribution >= 4 is 11.8 Å². The number of quaternary nitrogens is 1. The van der Waals surface area contributed by atoms with Crippen LogP contribution in [0.15, 0.2) is 11.6 Å². The number of carbonyl (C=O) groups is 2. The maximum Gasteiger partial charge on any atom is 0.250 e. The van der Waals surface area contributed by atoms with Crippen LogP contribution in [-0.4, -0.2) is 89.9 Å². The van der Waals surface area contributed by atoms with Crippen LogP contribution in [0.25, 0.3) is 0 Å². The molecule has 0 aromatic heterocycles. The maximum atomic E-state index is 14.1. The smallest absolute Gasteiger partial charge is 0.250 e. The van der Waals surface area contributed by atoms with E-state index in [1.807, 2.05) is 4.90 Å². The van der Waals surface area contributed by atoms with E-state index in [0.717, 1.165) is 44.0 Å². The number of amides is 2. The molecule has 2 amide bonds. The second-order valence-electron chi connectivity index (χ2n) is 13.7. The molecule has 0 aliphatic carbocycles. The molecule has 10 unspecified atom stereocenters. The third-order valence-electron chi connectivity index (χ3n) is 12.3. The molecule has 8 heterocycles. The average molecular weight is 494 g/mol. The van der Waals surface area contributed by atoms with Crippen LogP contribution in [0.5, 0.6) is 0 Å². The first-order valence-electron chi connectivity index (χ1n) is 15.6. The van der Waals surface area contributed by atoms with Crippen LogP contribution in [-0.2, 0) is 9.59 Å². The van der Waals surface area contributed by atoms with Crippen molar-refractivity contribution in [2.24, 2.45) is 29.6 Å². The van der Waals surface area contributed by atoms with Gasteiger partial charge in [-0.05, 0) is 95.6 Å². The highest BCUT2D eigenvalue weighted by molar-refractivity contribution is 6.01. The number of hydrogen-bond donors (Lipinski definition) is 1. The molecule has 0 radical (unpaired) electrons. The first-order chi connectivity index (χ1) is 17.7. The summed E-state index contributed by atoms with van der Waals surface area (Å²) < 4.78 is 0. The molecule has 6 heteroatoms. The lowest BCUT2D eigenvalue weighted by Gasteiger charge is -2.59. The first kappa shape index (κ1) is 22.6. The number of fused-ring (bicyclic) bond motifs is 4. The highest BCUT2D eigenvalue weighted by Crippen LogP contribution is 2.47. The largest absolute Gasteiger partial charge is 0.338 e. The van der Waals surface area contributed by atoms with Gasteiger partial charge < -0.3 is 14.7 Å². The number of carbonyl (C=O) groups excluding carboxylic acids is 2. The van der Waals surface area contributed by atoms with Gasteiger partial charge in [0, 0.05) is 48.6 Å². The van der Waals surface area contributed by atoms with Gasteiger partial charge in [-0.3, -0.25) is 14.5 Å². The van der Waals surface area contributed by atoms with E-state index < -0.39 is 0 Å². The van der Waals surface area contributed by atoms with Crippen LogP contribution >= 0.6 is 0 Å². The molecule has 36 heavy (non-hydrogen) atoms. The predicted molar refractivity (Wildman–Crippen MR) is 137 cm³/mol. The van der Waals surface area contributed by atoms with Crippen LogP contribution in [0.1, 0.15) is 70.6 Å². The fourth-order valence-corrected chi connectivity index (χ4v) is 11.1. The topological polar surface area (TPSA) is 48.3 Å². The highest BCUT2D eigenvalue weighted by atomic mass is 16.2. The van der Waals surface area contributed by atoms with Crippen LogP contribution in [0, 0.1) is 29.6 Å². The Balaban J connectivity index is 1.05. The Kier molecular flexibility index (Phi) is 5.37. The lowest BCUT2D eigenvalue weighted by Crippen LogP contribution is -3.20. The lowest BCUT2D eigenvalue weighted by molar-refractivity contribution is -0.946. The first-order valence-corrected chi connectivity index (χ1v) is 15.6. The van der Waals surface area contributed by atoms with Crippen LogP contribution in [0.3, 0.4) is 0 Å². The number of rotatable bonds is 1. The minimum atomic E-state index is -0.186. The molecule has 0 bridgehead atoms. The molecule has 196 valence electrons. The van der Waals surface area contributed by atoms with E-state index in [9.17, 15) is 9.59 Å². The molecule has 8 aliphatic heterocycles. The molecular formula is C30H45N4O2+. The van der Waals surface area contributed by atoms with E-state index in [2.05, 4.69) is 20.8 Å². The van der Waals surface area contributed by atoms with Crippen LogP contribution in [0.2, 0.25) is 0 Å². The maximum absolute atomic E-state index is 14.1. The Morgan fingerprint density at radius 3 is 2.39 bits per heavy atom. The van der Waals surface area contributed by atoms with Gasteiger partial charge in [-0.15, -0.1) is 0 Å². The Morgan fingerprint density at radius 1 is 0.750 bits per heavy atom. The summed E-state index contributed by atoms with van der Waals surface area (Å²) in [4.78, 5) is 37.4. The van der Waals surface area contributed by atoms with Crippen molar-refractivity contribution in [1.29, 1.82) is 0 Å². The van der Waals surface area contributed by atoms with Crippen LogP contribution in [0.4, 0.5) is 0 Å². The third-order valence-corrected chi connectivity index (χ3v) is 12.3. The van der Waals surface area contributed by atoms with Crippen molar-refractivity contribution in [3.63, 3.8) is 0 Å². The van der Waals surface area contributed by atoms with Gasteiger partial charge in [0.15, 0.2) is 0 Å². The summed E-state index contributed by atoms with van der Waals surface area (Å²) in [5.41, 5.74) is 0.873. The van der Waals surface area contributed by atoms with Gasteiger partial charge in [0.05, 0.1) is 25.0 Å². The molecule has 10 atom stereocenters. The normalized spacial score (nSPS) is 48.4. The summed E-state index contributed by atoms with van der Waals surface area (Å²) >= 11 is 0. The third kappa shape index (κ3) is 3.22. The molecule has 0 spiro atoms. The second-order valence-corrected chi connectivity index (χ2v) is 13.7. The van der Waals surface area contributed by atoms with Gasteiger partial charge in [-0.1, -0.05) is 6.08 Å². The molecule has 7 fully saturated rings. The summed E-state index contributed by atoms with van der Waals surface area (Å²) in [7, 11) is 0. The van der Waals surface area contributed by atoms with E-state index in [1.54, 1.807) is 0 Å². The van der Waals surface area contributed by atoms with Crippen molar-refractivity contribution in [3.05, 3.63) is 11.6 Å². The molecular weight excluding hydrogens is 448 g/mol. The lowest BCUT2D eigenvalue weighted by atomic mass is 9.66. The predicted octanol–water partition coefficient (Wildman–Crippen LogP) is 1.71. The van der Waals surface area contributed by atoms with E-state index in [4.69, 9.17) is 0 Å². The zero-order valence-electron chi connectivity index (χ0n) is 22.0. The SMILES string of the molecule is O=C1C(C2CCC3C4CCC[NH+]5CCCC(CN3C2=O)C45)=CCC2C3CCCN4CCCC(CN12)C34.